The minimum Gasteiger partial charge on any atom is -0.466 e. The van der Waals surface area contributed by atoms with Gasteiger partial charge < -0.3 is 9.84 Å². The lowest BCUT2D eigenvalue weighted by Crippen LogP contribution is -2.10. The van der Waals surface area contributed by atoms with Crippen LogP contribution >= 0.6 is 11.3 Å². The number of aromatic nitrogens is 1. The van der Waals surface area contributed by atoms with Crippen LogP contribution in [0.1, 0.15) is 49.9 Å². The first kappa shape index (κ1) is 13.1. The highest BCUT2D eigenvalue weighted by Crippen LogP contribution is 2.24. The normalized spacial score (nSPS) is 12.8. The summed E-state index contributed by atoms with van der Waals surface area (Å²) < 4.78 is 4.76. The second-order valence-electron chi connectivity index (χ2n) is 3.79. The first-order chi connectivity index (χ1) is 7.54. The van der Waals surface area contributed by atoms with Crippen LogP contribution in [0, 0.1) is 0 Å². The van der Waals surface area contributed by atoms with Crippen molar-refractivity contribution in [3.8, 4) is 0 Å². The first-order valence-electron chi connectivity index (χ1n) is 5.33. The standard InChI is InChI=1S/C11H17NO3S/c1-4-15-10(14)5-9(13)8-6-16-11(12-8)7(2)3/h6-7,9,13H,4-5H2,1-3H3. The van der Waals surface area contributed by atoms with Crippen LogP contribution in [0.2, 0.25) is 0 Å². The Hall–Kier alpha value is -0.940. The van der Waals surface area contributed by atoms with Crippen molar-refractivity contribution < 1.29 is 14.6 Å². The van der Waals surface area contributed by atoms with E-state index in [-0.39, 0.29) is 6.42 Å². The number of thiazole rings is 1. The molecule has 0 aliphatic heterocycles. The van der Waals surface area contributed by atoms with Gasteiger partial charge in [-0.05, 0) is 6.92 Å². The predicted octanol–water partition coefficient (Wildman–Crippen LogP) is 2.25. The smallest absolute Gasteiger partial charge is 0.308 e. The molecular formula is C11H17NO3S. The van der Waals surface area contributed by atoms with E-state index in [0.717, 1.165) is 5.01 Å². The van der Waals surface area contributed by atoms with Gasteiger partial charge in [-0.2, -0.15) is 0 Å². The molecule has 1 rings (SSSR count). The summed E-state index contributed by atoms with van der Waals surface area (Å²) in [4.78, 5) is 15.4. The van der Waals surface area contributed by atoms with Crippen molar-refractivity contribution in [2.75, 3.05) is 6.61 Å². The zero-order chi connectivity index (χ0) is 12.1. The van der Waals surface area contributed by atoms with E-state index < -0.39 is 12.1 Å². The summed E-state index contributed by atoms with van der Waals surface area (Å²) in [6.07, 6.45) is -0.891. The second-order valence-corrected chi connectivity index (χ2v) is 4.68. The van der Waals surface area contributed by atoms with Gasteiger partial charge in [-0.3, -0.25) is 4.79 Å². The van der Waals surface area contributed by atoms with Gasteiger partial charge >= 0.3 is 5.97 Å². The Kier molecular flexibility index (Phi) is 4.89. The van der Waals surface area contributed by atoms with Gasteiger partial charge in [0.1, 0.15) is 6.10 Å². The van der Waals surface area contributed by atoms with E-state index in [4.69, 9.17) is 4.74 Å². The Bertz CT molecular complexity index is 349. The fourth-order valence-electron chi connectivity index (χ4n) is 1.20. The molecular weight excluding hydrogens is 226 g/mol. The predicted molar refractivity (Wildman–Crippen MR) is 62.4 cm³/mol. The molecule has 4 nitrogen and oxygen atoms in total. The van der Waals surface area contributed by atoms with Crippen molar-refractivity contribution in [1.29, 1.82) is 0 Å². The van der Waals surface area contributed by atoms with Crippen LogP contribution in [0.5, 0.6) is 0 Å². The van der Waals surface area contributed by atoms with Gasteiger partial charge in [0.25, 0.3) is 0 Å². The molecule has 1 atom stereocenters. The molecule has 1 heterocycles. The summed E-state index contributed by atoms with van der Waals surface area (Å²) in [5.41, 5.74) is 0.557. The van der Waals surface area contributed by atoms with Crippen molar-refractivity contribution in [2.45, 2.75) is 39.2 Å². The monoisotopic (exact) mass is 243 g/mol. The van der Waals surface area contributed by atoms with Gasteiger partial charge in [0.05, 0.1) is 23.7 Å². The summed E-state index contributed by atoms with van der Waals surface area (Å²) >= 11 is 1.50. The van der Waals surface area contributed by atoms with Crippen LogP contribution in [0.3, 0.4) is 0 Å². The zero-order valence-corrected chi connectivity index (χ0v) is 10.6. The highest BCUT2D eigenvalue weighted by molar-refractivity contribution is 7.09. The molecule has 0 saturated carbocycles. The maximum atomic E-state index is 11.2. The third kappa shape index (κ3) is 3.57. The molecule has 0 amide bonds. The fourth-order valence-corrected chi connectivity index (χ4v) is 2.08. The first-order valence-corrected chi connectivity index (χ1v) is 6.21. The largest absolute Gasteiger partial charge is 0.466 e. The molecule has 16 heavy (non-hydrogen) atoms. The number of aliphatic hydroxyl groups excluding tert-OH is 1. The third-order valence-electron chi connectivity index (χ3n) is 2.04. The fraction of sp³-hybridized carbons (Fsp3) is 0.636. The van der Waals surface area contributed by atoms with Gasteiger partial charge in [0.15, 0.2) is 0 Å². The molecule has 0 spiro atoms. The zero-order valence-electron chi connectivity index (χ0n) is 9.77. The molecule has 0 fully saturated rings. The summed E-state index contributed by atoms with van der Waals surface area (Å²) in [7, 11) is 0. The molecule has 1 aromatic heterocycles. The highest BCUT2D eigenvalue weighted by atomic mass is 32.1. The Morgan fingerprint density at radius 3 is 2.81 bits per heavy atom. The Morgan fingerprint density at radius 1 is 1.62 bits per heavy atom. The number of carbonyl (C=O) groups is 1. The van der Waals surface area contributed by atoms with E-state index >= 15 is 0 Å². The van der Waals surface area contributed by atoms with E-state index in [2.05, 4.69) is 4.98 Å². The lowest BCUT2D eigenvalue weighted by molar-refractivity contribution is -0.145. The van der Waals surface area contributed by atoms with E-state index in [1.165, 1.54) is 11.3 Å². The molecule has 1 unspecified atom stereocenters. The van der Waals surface area contributed by atoms with Crippen molar-refractivity contribution in [3.63, 3.8) is 0 Å². The molecule has 0 aliphatic carbocycles. The number of nitrogens with zero attached hydrogens (tertiary/aromatic N) is 1. The van der Waals surface area contributed by atoms with Gasteiger partial charge in [-0.1, -0.05) is 13.8 Å². The molecule has 5 heteroatoms. The Labute approximate surface area is 99.3 Å². The molecule has 1 aromatic rings. The summed E-state index contributed by atoms with van der Waals surface area (Å²) in [6, 6.07) is 0. The van der Waals surface area contributed by atoms with Gasteiger partial charge in [0.2, 0.25) is 0 Å². The number of carbonyl (C=O) groups excluding carboxylic acids is 1. The highest BCUT2D eigenvalue weighted by Gasteiger charge is 2.17. The quantitative estimate of drug-likeness (QED) is 0.806. The number of aliphatic hydroxyl groups is 1. The van der Waals surface area contributed by atoms with Gasteiger partial charge in [-0.25, -0.2) is 4.98 Å². The SMILES string of the molecule is CCOC(=O)CC(O)c1csc(C(C)C)n1. The average molecular weight is 243 g/mol. The van der Waals surface area contributed by atoms with E-state index in [0.29, 0.717) is 18.2 Å². The van der Waals surface area contributed by atoms with Gasteiger partial charge in [0, 0.05) is 11.3 Å². The van der Waals surface area contributed by atoms with Crippen LogP contribution in [0.15, 0.2) is 5.38 Å². The number of rotatable bonds is 5. The van der Waals surface area contributed by atoms with E-state index in [1.54, 1.807) is 12.3 Å². The minimum atomic E-state index is -0.859. The van der Waals surface area contributed by atoms with Crippen LogP contribution in [-0.4, -0.2) is 22.7 Å². The van der Waals surface area contributed by atoms with Crippen molar-refractivity contribution >= 4 is 17.3 Å². The molecule has 0 aliphatic rings. The maximum Gasteiger partial charge on any atom is 0.308 e. The minimum absolute atomic E-state index is 0.0326. The molecule has 0 aromatic carbocycles. The van der Waals surface area contributed by atoms with Crippen molar-refractivity contribution in [2.24, 2.45) is 0 Å². The molecule has 0 bridgehead atoms. The second kappa shape index (κ2) is 5.96. The summed E-state index contributed by atoms with van der Waals surface area (Å²) in [6.45, 7) is 6.16. The van der Waals surface area contributed by atoms with E-state index in [9.17, 15) is 9.90 Å². The Morgan fingerprint density at radius 2 is 2.31 bits per heavy atom. The number of esters is 1. The van der Waals surface area contributed by atoms with Crippen LogP contribution in [0.4, 0.5) is 0 Å². The molecule has 1 N–H and O–H groups in total. The third-order valence-corrected chi connectivity index (χ3v) is 3.20. The topological polar surface area (TPSA) is 59.4 Å². The van der Waals surface area contributed by atoms with Crippen LogP contribution < -0.4 is 0 Å². The van der Waals surface area contributed by atoms with Crippen molar-refractivity contribution in [1.82, 2.24) is 4.98 Å². The number of hydrogen-bond acceptors (Lipinski definition) is 5. The van der Waals surface area contributed by atoms with E-state index in [1.807, 2.05) is 13.8 Å². The number of ether oxygens (including phenoxy) is 1. The van der Waals surface area contributed by atoms with Gasteiger partial charge in [-0.15, -0.1) is 11.3 Å². The summed E-state index contributed by atoms with van der Waals surface area (Å²) in [5, 5.41) is 12.5. The summed E-state index contributed by atoms with van der Waals surface area (Å²) in [5.74, 6) is -0.0531. The van der Waals surface area contributed by atoms with Crippen molar-refractivity contribution in [3.05, 3.63) is 16.1 Å². The molecule has 0 radical (unpaired) electrons. The molecule has 90 valence electrons. The average Bonchev–Trinajstić information content (AvgIpc) is 2.66. The lowest BCUT2D eigenvalue weighted by atomic mass is 10.2. The molecule has 0 saturated heterocycles. The maximum absolute atomic E-state index is 11.2. The van der Waals surface area contributed by atoms with Crippen LogP contribution in [-0.2, 0) is 9.53 Å². The Balaban J connectivity index is 2.58. The van der Waals surface area contributed by atoms with Crippen LogP contribution in [0.25, 0.3) is 0 Å². The number of hydrogen-bond donors (Lipinski definition) is 1. The lowest BCUT2D eigenvalue weighted by Gasteiger charge is -2.06.